The average Bonchev–Trinajstić information content (AvgIpc) is 2.99. The van der Waals surface area contributed by atoms with Gasteiger partial charge in [-0.15, -0.1) is 0 Å². The van der Waals surface area contributed by atoms with Crippen molar-refractivity contribution in [1.82, 2.24) is 10.2 Å². The first-order chi connectivity index (χ1) is 20.5. The third-order valence-electron chi connectivity index (χ3n) is 7.28. The van der Waals surface area contributed by atoms with Gasteiger partial charge in [-0.05, 0) is 61.7 Å². The highest BCUT2D eigenvalue weighted by Crippen LogP contribution is 2.30. The molecule has 2 amide bonds. The molecular formula is C34H36ClN3O4S. The van der Waals surface area contributed by atoms with Crippen LogP contribution in [0.1, 0.15) is 27.8 Å². The Morgan fingerprint density at radius 3 is 2.14 bits per heavy atom. The van der Waals surface area contributed by atoms with E-state index >= 15 is 0 Å². The van der Waals surface area contributed by atoms with E-state index in [1.807, 2.05) is 68.4 Å². The zero-order valence-corrected chi connectivity index (χ0v) is 26.3. The summed E-state index contributed by atoms with van der Waals surface area (Å²) >= 11 is 6.33. The number of carbonyl (C=O) groups excluding carboxylic acids is 2. The lowest BCUT2D eigenvalue weighted by atomic mass is 10.0. The number of carbonyl (C=O) groups is 2. The van der Waals surface area contributed by atoms with E-state index in [2.05, 4.69) is 5.32 Å². The molecule has 0 aliphatic carbocycles. The first-order valence-corrected chi connectivity index (χ1v) is 15.8. The molecule has 0 saturated heterocycles. The molecule has 0 unspecified atom stereocenters. The molecule has 0 spiro atoms. The monoisotopic (exact) mass is 617 g/mol. The second-order valence-corrected chi connectivity index (χ2v) is 12.9. The fourth-order valence-electron chi connectivity index (χ4n) is 4.93. The Bertz CT molecular complexity index is 1690. The predicted molar refractivity (Wildman–Crippen MR) is 172 cm³/mol. The predicted octanol–water partition coefficient (Wildman–Crippen LogP) is 5.85. The van der Waals surface area contributed by atoms with Crippen LogP contribution in [-0.2, 0) is 32.6 Å². The van der Waals surface area contributed by atoms with Gasteiger partial charge in [0.25, 0.3) is 10.0 Å². The average molecular weight is 618 g/mol. The van der Waals surface area contributed by atoms with Gasteiger partial charge in [-0.25, -0.2) is 8.42 Å². The summed E-state index contributed by atoms with van der Waals surface area (Å²) in [7, 11) is -2.68. The summed E-state index contributed by atoms with van der Waals surface area (Å²) in [5, 5.41) is 3.03. The SMILES string of the molecule is CNC(=O)[C@@H](Cc1ccccc1)N(Cc1cccc(C)c1)C(=O)CN(c1cc(Cl)ccc1C)S(=O)(=O)c1ccc(C)cc1. The zero-order chi connectivity index (χ0) is 31.1. The molecule has 4 aromatic rings. The van der Waals surface area contributed by atoms with Crippen LogP contribution in [0.5, 0.6) is 0 Å². The van der Waals surface area contributed by atoms with Gasteiger partial charge in [0.2, 0.25) is 11.8 Å². The van der Waals surface area contributed by atoms with Gasteiger partial charge in [0.1, 0.15) is 12.6 Å². The lowest BCUT2D eigenvalue weighted by molar-refractivity contribution is -0.139. The maximum absolute atomic E-state index is 14.4. The number of nitrogens with zero attached hydrogens (tertiary/aromatic N) is 2. The molecule has 0 aliphatic rings. The smallest absolute Gasteiger partial charge is 0.264 e. The van der Waals surface area contributed by atoms with Crippen molar-refractivity contribution in [2.45, 2.75) is 44.7 Å². The first-order valence-electron chi connectivity index (χ1n) is 14.0. The summed E-state index contributed by atoms with van der Waals surface area (Å²) in [5.74, 6) is -0.877. The van der Waals surface area contributed by atoms with Crippen molar-refractivity contribution in [2.75, 3.05) is 17.9 Å². The third-order valence-corrected chi connectivity index (χ3v) is 9.29. The molecule has 0 fully saturated rings. The Morgan fingerprint density at radius 1 is 0.814 bits per heavy atom. The maximum atomic E-state index is 14.4. The van der Waals surface area contributed by atoms with Crippen molar-refractivity contribution >= 4 is 39.1 Å². The van der Waals surface area contributed by atoms with Crippen LogP contribution in [0, 0.1) is 20.8 Å². The molecule has 43 heavy (non-hydrogen) atoms. The number of benzene rings is 4. The van der Waals surface area contributed by atoms with Crippen LogP contribution in [0.2, 0.25) is 5.02 Å². The van der Waals surface area contributed by atoms with Crippen molar-refractivity contribution in [3.05, 3.63) is 130 Å². The maximum Gasteiger partial charge on any atom is 0.264 e. The van der Waals surface area contributed by atoms with E-state index in [0.717, 1.165) is 26.6 Å². The van der Waals surface area contributed by atoms with E-state index in [0.29, 0.717) is 10.6 Å². The van der Waals surface area contributed by atoms with Crippen molar-refractivity contribution in [2.24, 2.45) is 0 Å². The number of likely N-dealkylation sites (N-methyl/N-ethyl adjacent to an activating group) is 1. The summed E-state index contributed by atoms with van der Waals surface area (Å²) in [6.07, 6.45) is 0.249. The summed E-state index contributed by atoms with van der Waals surface area (Å²) in [6, 6.07) is 27.6. The van der Waals surface area contributed by atoms with Crippen LogP contribution < -0.4 is 9.62 Å². The minimum Gasteiger partial charge on any atom is -0.357 e. The van der Waals surface area contributed by atoms with Gasteiger partial charge < -0.3 is 10.2 Å². The zero-order valence-electron chi connectivity index (χ0n) is 24.7. The number of nitrogens with one attached hydrogen (secondary N) is 1. The van der Waals surface area contributed by atoms with Crippen LogP contribution >= 0.6 is 11.6 Å². The van der Waals surface area contributed by atoms with Gasteiger partial charge in [0.05, 0.1) is 10.6 Å². The molecule has 0 aromatic heterocycles. The largest absolute Gasteiger partial charge is 0.357 e. The summed E-state index contributed by atoms with van der Waals surface area (Å²) < 4.78 is 29.4. The first kappa shape index (κ1) is 31.8. The van der Waals surface area contributed by atoms with Crippen LogP contribution in [-0.4, -0.2) is 44.8 Å². The van der Waals surface area contributed by atoms with Crippen molar-refractivity contribution in [3.8, 4) is 0 Å². The minimum atomic E-state index is -4.20. The van der Waals surface area contributed by atoms with Gasteiger partial charge >= 0.3 is 0 Å². The summed E-state index contributed by atoms with van der Waals surface area (Å²) in [4.78, 5) is 29.3. The molecule has 0 radical (unpaired) electrons. The van der Waals surface area contributed by atoms with E-state index in [1.165, 1.54) is 24.1 Å². The van der Waals surface area contributed by atoms with E-state index in [1.54, 1.807) is 37.3 Å². The second-order valence-electron chi connectivity index (χ2n) is 10.6. The van der Waals surface area contributed by atoms with E-state index in [4.69, 9.17) is 11.6 Å². The molecule has 7 nitrogen and oxygen atoms in total. The second kappa shape index (κ2) is 13.9. The minimum absolute atomic E-state index is 0.0441. The van der Waals surface area contributed by atoms with Gasteiger partial charge in [-0.2, -0.15) is 0 Å². The molecule has 0 aliphatic heterocycles. The Balaban J connectivity index is 1.82. The number of halogens is 1. The van der Waals surface area contributed by atoms with Crippen LogP contribution in [0.15, 0.2) is 102 Å². The van der Waals surface area contributed by atoms with E-state index in [9.17, 15) is 18.0 Å². The van der Waals surface area contributed by atoms with Gasteiger partial charge in [0, 0.05) is 25.0 Å². The summed E-state index contributed by atoms with van der Waals surface area (Å²) in [5.41, 5.74) is 4.51. The van der Waals surface area contributed by atoms with Gasteiger partial charge in [-0.3, -0.25) is 13.9 Å². The molecule has 4 aromatic carbocycles. The number of hydrogen-bond acceptors (Lipinski definition) is 4. The van der Waals surface area contributed by atoms with Crippen molar-refractivity contribution < 1.29 is 18.0 Å². The molecule has 224 valence electrons. The van der Waals surface area contributed by atoms with Crippen LogP contribution in [0.25, 0.3) is 0 Å². The topological polar surface area (TPSA) is 86.8 Å². The highest BCUT2D eigenvalue weighted by molar-refractivity contribution is 7.92. The molecule has 0 heterocycles. The Labute approximate surface area is 259 Å². The van der Waals surface area contributed by atoms with E-state index < -0.39 is 28.5 Å². The quantitative estimate of drug-likeness (QED) is 0.229. The van der Waals surface area contributed by atoms with Crippen LogP contribution in [0.3, 0.4) is 0 Å². The molecule has 0 bridgehead atoms. The lowest BCUT2D eigenvalue weighted by Crippen LogP contribution is -2.53. The highest BCUT2D eigenvalue weighted by atomic mass is 35.5. The lowest BCUT2D eigenvalue weighted by Gasteiger charge is -2.34. The molecule has 9 heteroatoms. The number of rotatable bonds is 11. The van der Waals surface area contributed by atoms with Crippen molar-refractivity contribution in [1.29, 1.82) is 0 Å². The van der Waals surface area contributed by atoms with Gasteiger partial charge in [0.15, 0.2) is 0 Å². The Kier molecular flexibility index (Phi) is 10.3. The third kappa shape index (κ3) is 7.83. The number of anilines is 1. The summed E-state index contributed by atoms with van der Waals surface area (Å²) in [6.45, 7) is 5.16. The number of hydrogen-bond donors (Lipinski definition) is 1. The van der Waals surface area contributed by atoms with Gasteiger partial charge in [-0.1, -0.05) is 95.5 Å². The standard InChI is InChI=1S/C34H36ClN3O4S/c1-24-13-17-30(18-14-24)43(41,42)38(31-21-29(35)16-15-26(31)3)23-33(39)37(22-28-12-8-9-25(2)19-28)32(34(40)36-4)20-27-10-6-5-7-11-27/h5-19,21,32H,20,22-23H2,1-4H3,(H,36,40)/t32-/m1/s1. The number of aryl methyl sites for hydroxylation is 3. The molecule has 1 N–H and O–H groups in total. The fraction of sp³-hybridized carbons (Fsp3) is 0.235. The fourth-order valence-corrected chi connectivity index (χ4v) is 6.57. The molecule has 0 saturated carbocycles. The normalized spacial score (nSPS) is 11.9. The van der Waals surface area contributed by atoms with Crippen molar-refractivity contribution in [3.63, 3.8) is 0 Å². The van der Waals surface area contributed by atoms with E-state index in [-0.39, 0.29) is 29.5 Å². The van der Waals surface area contributed by atoms with Crippen LogP contribution in [0.4, 0.5) is 5.69 Å². The Hall–Kier alpha value is -4.14. The number of sulfonamides is 1. The number of amides is 2. The Morgan fingerprint density at radius 2 is 1.49 bits per heavy atom. The molecule has 1 atom stereocenters. The molecular weight excluding hydrogens is 582 g/mol. The molecule has 4 rings (SSSR count). The highest BCUT2D eigenvalue weighted by Gasteiger charge is 2.35.